The fourth-order valence-corrected chi connectivity index (χ4v) is 3.18. The monoisotopic (exact) mass is 371 g/mol. The number of anilines is 1. The van der Waals surface area contributed by atoms with Gasteiger partial charge in [-0.2, -0.15) is 5.10 Å². The molecule has 0 radical (unpaired) electrons. The van der Waals surface area contributed by atoms with Crippen LogP contribution >= 0.6 is 11.3 Å². The number of hydrogen-bond acceptors (Lipinski definition) is 5. The summed E-state index contributed by atoms with van der Waals surface area (Å²) in [6, 6.07) is 27.6. The Kier molecular flexibility index (Phi) is 5.22. The van der Waals surface area contributed by atoms with Crippen molar-refractivity contribution in [3.63, 3.8) is 0 Å². The van der Waals surface area contributed by atoms with Crippen LogP contribution in [0.3, 0.4) is 0 Å². The molecule has 0 aliphatic carbocycles. The second-order valence-corrected chi connectivity index (χ2v) is 6.62. The molecule has 4 rings (SSSR count). The SMILES string of the molecule is C(=N\Nc1nc(-c2ccccc2)cs1)/c1cccc(Oc2ccccc2)c1. The maximum absolute atomic E-state index is 5.84. The lowest BCUT2D eigenvalue weighted by molar-refractivity contribution is 0.482. The fraction of sp³-hybridized carbons (Fsp3) is 0. The number of rotatable bonds is 6. The van der Waals surface area contributed by atoms with Crippen molar-refractivity contribution >= 4 is 22.7 Å². The number of nitrogens with one attached hydrogen (secondary N) is 1. The number of thiazole rings is 1. The quantitative estimate of drug-likeness (QED) is 0.331. The second kappa shape index (κ2) is 8.29. The van der Waals surface area contributed by atoms with Crippen molar-refractivity contribution < 1.29 is 4.74 Å². The number of hydrogen-bond donors (Lipinski definition) is 1. The van der Waals surface area contributed by atoms with E-state index >= 15 is 0 Å². The molecule has 0 unspecified atom stereocenters. The van der Waals surface area contributed by atoms with Crippen LogP contribution in [0.1, 0.15) is 5.56 Å². The van der Waals surface area contributed by atoms with E-state index in [-0.39, 0.29) is 0 Å². The molecular formula is C22H17N3OS. The Morgan fingerprint density at radius 1 is 0.852 bits per heavy atom. The van der Waals surface area contributed by atoms with Crippen LogP contribution in [-0.2, 0) is 0 Å². The molecule has 1 heterocycles. The van der Waals surface area contributed by atoms with Crippen LogP contribution < -0.4 is 10.2 Å². The summed E-state index contributed by atoms with van der Waals surface area (Å²) in [5, 5.41) is 7.05. The third-order valence-electron chi connectivity index (χ3n) is 3.78. The average molecular weight is 371 g/mol. The van der Waals surface area contributed by atoms with Crippen LogP contribution in [0.2, 0.25) is 0 Å². The van der Waals surface area contributed by atoms with Gasteiger partial charge in [-0.05, 0) is 29.8 Å². The molecule has 132 valence electrons. The first-order chi connectivity index (χ1) is 13.4. The van der Waals surface area contributed by atoms with Gasteiger partial charge >= 0.3 is 0 Å². The van der Waals surface area contributed by atoms with Crippen LogP contribution in [-0.4, -0.2) is 11.2 Å². The fourth-order valence-electron chi connectivity index (χ4n) is 2.51. The molecule has 4 aromatic rings. The minimum atomic E-state index is 0.752. The third kappa shape index (κ3) is 4.59. The number of hydrazone groups is 1. The summed E-state index contributed by atoms with van der Waals surface area (Å²) in [6.45, 7) is 0. The van der Waals surface area contributed by atoms with Crippen molar-refractivity contribution in [3.05, 3.63) is 95.9 Å². The van der Waals surface area contributed by atoms with E-state index in [0.717, 1.165) is 33.5 Å². The first-order valence-corrected chi connectivity index (χ1v) is 9.38. The molecule has 0 fully saturated rings. The molecule has 5 heteroatoms. The van der Waals surface area contributed by atoms with E-state index in [1.807, 2.05) is 90.3 Å². The highest BCUT2D eigenvalue weighted by Gasteiger charge is 2.03. The van der Waals surface area contributed by atoms with Crippen LogP contribution in [0, 0.1) is 0 Å². The molecule has 0 bridgehead atoms. The summed E-state index contributed by atoms with van der Waals surface area (Å²) in [5.41, 5.74) is 5.96. The van der Waals surface area contributed by atoms with Gasteiger partial charge in [-0.15, -0.1) is 11.3 Å². The van der Waals surface area contributed by atoms with Gasteiger partial charge < -0.3 is 4.74 Å². The molecule has 0 aliphatic heterocycles. The first-order valence-electron chi connectivity index (χ1n) is 8.50. The second-order valence-electron chi connectivity index (χ2n) is 5.76. The van der Waals surface area contributed by atoms with E-state index in [1.54, 1.807) is 6.21 Å². The Hall–Kier alpha value is -3.44. The molecule has 0 atom stereocenters. The normalized spacial score (nSPS) is 10.8. The van der Waals surface area contributed by atoms with Gasteiger partial charge in [0.15, 0.2) is 0 Å². The summed E-state index contributed by atoms with van der Waals surface area (Å²) in [4.78, 5) is 4.55. The third-order valence-corrected chi connectivity index (χ3v) is 4.53. The van der Waals surface area contributed by atoms with Crippen molar-refractivity contribution in [3.8, 4) is 22.8 Å². The van der Waals surface area contributed by atoms with Crippen molar-refractivity contribution in [2.45, 2.75) is 0 Å². The van der Waals surface area contributed by atoms with Crippen LogP contribution in [0.4, 0.5) is 5.13 Å². The maximum Gasteiger partial charge on any atom is 0.203 e. The Morgan fingerprint density at radius 3 is 2.41 bits per heavy atom. The largest absolute Gasteiger partial charge is 0.457 e. The van der Waals surface area contributed by atoms with E-state index in [1.165, 1.54) is 11.3 Å². The summed E-state index contributed by atoms with van der Waals surface area (Å²) in [7, 11) is 0. The lowest BCUT2D eigenvalue weighted by atomic mass is 10.2. The van der Waals surface area contributed by atoms with Gasteiger partial charge in [-0.3, -0.25) is 5.43 Å². The molecule has 0 spiro atoms. The van der Waals surface area contributed by atoms with Crippen molar-refractivity contribution in [2.24, 2.45) is 5.10 Å². The van der Waals surface area contributed by atoms with E-state index < -0.39 is 0 Å². The summed E-state index contributed by atoms with van der Waals surface area (Å²) >= 11 is 1.52. The van der Waals surface area contributed by atoms with Gasteiger partial charge in [0.2, 0.25) is 5.13 Å². The Balaban J connectivity index is 1.40. The molecule has 0 saturated heterocycles. The molecule has 0 saturated carbocycles. The zero-order valence-electron chi connectivity index (χ0n) is 14.4. The zero-order chi connectivity index (χ0) is 18.3. The lowest BCUT2D eigenvalue weighted by Crippen LogP contribution is -1.91. The van der Waals surface area contributed by atoms with Gasteiger partial charge in [-0.25, -0.2) is 4.98 Å². The van der Waals surface area contributed by atoms with E-state index in [9.17, 15) is 0 Å². The zero-order valence-corrected chi connectivity index (χ0v) is 15.3. The lowest BCUT2D eigenvalue weighted by Gasteiger charge is -2.05. The molecule has 1 N–H and O–H groups in total. The number of benzene rings is 3. The van der Waals surface area contributed by atoms with E-state index in [2.05, 4.69) is 15.5 Å². The summed E-state index contributed by atoms with van der Waals surface area (Å²) in [5.74, 6) is 1.58. The van der Waals surface area contributed by atoms with E-state index in [4.69, 9.17) is 4.74 Å². The smallest absolute Gasteiger partial charge is 0.203 e. The summed E-state index contributed by atoms with van der Waals surface area (Å²) in [6.07, 6.45) is 1.75. The summed E-state index contributed by atoms with van der Waals surface area (Å²) < 4.78 is 5.84. The number of ether oxygens (including phenoxy) is 1. The van der Waals surface area contributed by atoms with Gasteiger partial charge in [0.05, 0.1) is 11.9 Å². The van der Waals surface area contributed by atoms with Gasteiger partial charge in [0.1, 0.15) is 11.5 Å². The number of aromatic nitrogens is 1. The molecule has 0 aliphatic rings. The average Bonchev–Trinajstić information content (AvgIpc) is 3.19. The highest BCUT2D eigenvalue weighted by Crippen LogP contribution is 2.25. The Bertz CT molecular complexity index is 1030. The Labute approximate surface area is 161 Å². The highest BCUT2D eigenvalue weighted by atomic mass is 32.1. The Morgan fingerprint density at radius 2 is 1.59 bits per heavy atom. The van der Waals surface area contributed by atoms with E-state index in [0.29, 0.717) is 0 Å². The van der Waals surface area contributed by atoms with Crippen LogP contribution in [0.15, 0.2) is 95.4 Å². The topological polar surface area (TPSA) is 46.5 Å². The number of para-hydroxylation sites is 1. The molecule has 0 amide bonds. The standard InChI is InChI=1S/C22H17N3OS/c1-3-9-18(10-4-1)21-16-27-22(24-21)25-23-15-17-8-7-13-20(14-17)26-19-11-5-2-6-12-19/h1-16H,(H,24,25)/b23-15+. The first kappa shape index (κ1) is 17.0. The van der Waals surface area contributed by atoms with Gasteiger partial charge in [0, 0.05) is 10.9 Å². The van der Waals surface area contributed by atoms with Crippen molar-refractivity contribution in [1.82, 2.24) is 4.98 Å². The maximum atomic E-state index is 5.84. The minimum Gasteiger partial charge on any atom is -0.457 e. The van der Waals surface area contributed by atoms with Gasteiger partial charge in [0.25, 0.3) is 0 Å². The van der Waals surface area contributed by atoms with Crippen LogP contribution in [0.25, 0.3) is 11.3 Å². The van der Waals surface area contributed by atoms with Crippen molar-refractivity contribution in [2.75, 3.05) is 5.43 Å². The van der Waals surface area contributed by atoms with Gasteiger partial charge in [-0.1, -0.05) is 60.7 Å². The molecule has 4 nitrogen and oxygen atoms in total. The highest BCUT2D eigenvalue weighted by molar-refractivity contribution is 7.14. The molecular weight excluding hydrogens is 354 g/mol. The van der Waals surface area contributed by atoms with Crippen LogP contribution in [0.5, 0.6) is 11.5 Å². The predicted molar refractivity (Wildman–Crippen MR) is 112 cm³/mol. The molecule has 1 aromatic heterocycles. The van der Waals surface area contributed by atoms with Crippen molar-refractivity contribution in [1.29, 1.82) is 0 Å². The minimum absolute atomic E-state index is 0.752. The predicted octanol–water partition coefficient (Wildman–Crippen LogP) is 6.05. The molecule has 27 heavy (non-hydrogen) atoms. The number of nitrogens with zero attached hydrogens (tertiary/aromatic N) is 2. The molecule has 3 aromatic carbocycles.